The first kappa shape index (κ1) is 24.9. The average Bonchev–Trinajstić information content (AvgIpc) is 3.41. The van der Waals surface area contributed by atoms with Gasteiger partial charge in [-0.2, -0.15) is 0 Å². The lowest BCUT2D eigenvalue weighted by molar-refractivity contribution is -0.139. The minimum absolute atomic E-state index is 0.241. The third-order valence-corrected chi connectivity index (χ3v) is 7.58. The Morgan fingerprint density at radius 2 is 2.00 bits per heavy atom. The molecule has 2 aromatic heterocycles. The lowest BCUT2D eigenvalue weighted by atomic mass is 9.84. The summed E-state index contributed by atoms with van der Waals surface area (Å²) in [5.41, 5.74) is 6.49. The molecule has 2 amide bonds. The normalized spacial score (nSPS) is 16.5. The van der Waals surface area contributed by atoms with E-state index >= 15 is 0 Å². The predicted octanol–water partition coefficient (Wildman–Crippen LogP) is 5.86. The molecule has 1 N–H and O–H groups in total. The van der Waals surface area contributed by atoms with Crippen LogP contribution in [0.2, 0.25) is 0 Å². The first-order valence-corrected chi connectivity index (χ1v) is 13.5. The van der Waals surface area contributed by atoms with Gasteiger partial charge in [-0.1, -0.05) is 38.1 Å². The van der Waals surface area contributed by atoms with Crippen LogP contribution in [-0.4, -0.2) is 32.8 Å². The topological polar surface area (TPSA) is 76.5 Å². The molecule has 198 valence electrons. The van der Waals surface area contributed by atoms with E-state index in [1.54, 1.807) is 12.4 Å². The van der Waals surface area contributed by atoms with E-state index < -0.39 is 0 Å². The molecule has 2 aliphatic rings. The smallest absolute Gasteiger partial charge is 0.259 e. The van der Waals surface area contributed by atoms with Crippen LogP contribution >= 0.6 is 0 Å². The summed E-state index contributed by atoms with van der Waals surface area (Å²) >= 11 is 0. The second-order valence-electron chi connectivity index (χ2n) is 10.7. The van der Waals surface area contributed by atoms with Crippen molar-refractivity contribution in [2.75, 3.05) is 11.9 Å². The number of ether oxygens (including phenoxy) is 1. The minimum atomic E-state index is -0.349. The Hall–Kier alpha value is -4.39. The van der Waals surface area contributed by atoms with Gasteiger partial charge in [0.25, 0.3) is 5.91 Å². The standard InChI is InChI=1S/C32H32N4O3/c1-20(2)12-14-35-17-25-29(23-8-4-9-24(15-23)39-19-22-7-6-13-33-16-22)31-27(18-36(21(3)37)32(31)38)34-26-10-5-11-28(35)30(25)26/h4-11,13,15-17,20,29,34H,12,14,18-19H2,1-3H3/t29-/m1/s1. The van der Waals surface area contributed by atoms with Crippen LogP contribution < -0.4 is 10.1 Å². The van der Waals surface area contributed by atoms with Gasteiger partial charge < -0.3 is 14.6 Å². The number of amides is 2. The van der Waals surface area contributed by atoms with Gasteiger partial charge in [0.15, 0.2) is 0 Å². The highest BCUT2D eigenvalue weighted by molar-refractivity contribution is 6.11. The number of pyridine rings is 1. The Labute approximate surface area is 228 Å². The third kappa shape index (κ3) is 4.58. The van der Waals surface area contributed by atoms with Gasteiger partial charge in [0.2, 0.25) is 5.91 Å². The Kier molecular flexibility index (Phi) is 6.43. The van der Waals surface area contributed by atoms with Crippen LogP contribution in [0.3, 0.4) is 0 Å². The van der Waals surface area contributed by atoms with Crippen molar-refractivity contribution in [1.82, 2.24) is 14.5 Å². The van der Waals surface area contributed by atoms with Crippen molar-refractivity contribution in [2.24, 2.45) is 5.92 Å². The van der Waals surface area contributed by atoms with E-state index in [-0.39, 0.29) is 24.3 Å². The molecule has 7 nitrogen and oxygen atoms in total. The van der Waals surface area contributed by atoms with E-state index in [1.807, 2.05) is 42.5 Å². The lowest BCUT2D eigenvalue weighted by Crippen LogP contribution is -2.33. The summed E-state index contributed by atoms with van der Waals surface area (Å²) in [7, 11) is 0. The fourth-order valence-electron chi connectivity index (χ4n) is 5.64. The highest BCUT2D eigenvalue weighted by atomic mass is 16.5. The molecule has 0 saturated heterocycles. The number of hydrogen-bond donors (Lipinski definition) is 1. The molecule has 2 aromatic carbocycles. The van der Waals surface area contributed by atoms with Gasteiger partial charge in [0.1, 0.15) is 12.4 Å². The molecular formula is C32H32N4O3. The maximum Gasteiger partial charge on any atom is 0.259 e. The molecule has 0 fully saturated rings. The monoisotopic (exact) mass is 520 g/mol. The Morgan fingerprint density at radius 3 is 2.77 bits per heavy atom. The SMILES string of the molecule is CC(=O)N1CC2=C(C1=O)[C@H](c1cccc(OCc3cccnc3)c1)c1cn(CCC(C)C)c3cccc(c13)N2. The number of rotatable bonds is 7. The third-order valence-electron chi connectivity index (χ3n) is 7.58. The van der Waals surface area contributed by atoms with Gasteiger partial charge in [-0.3, -0.25) is 19.5 Å². The van der Waals surface area contributed by atoms with Crippen molar-refractivity contribution in [3.63, 3.8) is 0 Å². The van der Waals surface area contributed by atoms with Gasteiger partial charge >= 0.3 is 0 Å². The Balaban J connectivity index is 1.48. The van der Waals surface area contributed by atoms with Crippen molar-refractivity contribution in [3.8, 4) is 5.75 Å². The van der Waals surface area contributed by atoms with Crippen molar-refractivity contribution < 1.29 is 14.3 Å². The molecule has 7 heteroatoms. The number of carbonyl (C=O) groups is 2. The molecule has 0 aliphatic carbocycles. The fourth-order valence-corrected chi connectivity index (χ4v) is 5.64. The number of benzene rings is 2. The zero-order chi connectivity index (χ0) is 27.1. The number of aryl methyl sites for hydroxylation is 1. The molecule has 0 bridgehead atoms. The molecule has 39 heavy (non-hydrogen) atoms. The first-order chi connectivity index (χ1) is 18.9. The van der Waals surface area contributed by atoms with Crippen LogP contribution in [0.25, 0.3) is 10.9 Å². The summed E-state index contributed by atoms with van der Waals surface area (Å²) in [5, 5.41) is 4.67. The van der Waals surface area contributed by atoms with Crippen LogP contribution in [0.5, 0.6) is 5.75 Å². The van der Waals surface area contributed by atoms with E-state index in [1.165, 1.54) is 11.8 Å². The maximum absolute atomic E-state index is 13.8. The maximum atomic E-state index is 13.8. The van der Waals surface area contributed by atoms with E-state index in [0.717, 1.165) is 51.9 Å². The van der Waals surface area contributed by atoms with Gasteiger partial charge in [-0.05, 0) is 53.8 Å². The average molecular weight is 521 g/mol. The van der Waals surface area contributed by atoms with Gasteiger partial charge in [-0.15, -0.1) is 0 Å². The number of carbonyl (C=O) groups excluding carboxylic acids is 2. The molecule has 4 heterocycles. The lowest BCUT2D eigenvalue weighted by Gasteiger charge is -2.20. The number of nitrogens with one attached hydrogen (secondary N) is 1. The molecule has 0 spiro atoms. The van der Waals surface area contributed by atoms with E-state index in [9.17, 15) is 9.59 Å². The van der Waals surface area contributed by atoms with Crippen molar-refractivity contribution >= 4 is 28.4 Å². The second kappa shape index (κ2) is 10.1. The summed E-state index contributed by atoms with van der Waals surface area (Å²) in [5.74, 6) is 0.438. The van der Waals surface area contributed by atoms with Crippen molar-refractivity contribution in [1.29, 1.82) is 0 Å². The summed E-state index contributed by atoms with van der Waals surface area (Å²) < 4.78 is 8.44. The summed E-state index contributed by atoms with van der Waals surface area (Å²) in [6.07, 6.45) is 6.78. The predicted molar refractivity (Wildman–Crippen MR) is 151 cm³/mol. The van der Waals surface area contributed by atoms with E-state index in [0.29, 0.717) is 23.8 Å². The number of imide groups is 1. The van der Waals surface area contributed by atoms with Crippen LogP contribution in [0.1, 0.15) is 49.8 Å². The second-order valence-corrected chi connectivity index (χ2v) is 10.7. The fraction of sp³-hybridized carbons (Fsp3) is 0.281. The zero-order valence-electron chi connectivity index (χ0n) is 22.5. The highest BCUT2D eigenvalue weighted by Gasteiger charge is 2.41. The largest absolute Gasteiger partial charge is 0.489 e. The van der Waals surface area contributed by atoms with E-state index in [4.69, 9.17) is 4.74 Å². The summed E-state index contributed by atoms with van der Waals surface area (Å²) in [4.78, 5) is 31.7. The molecule has 6 rings (SSSR count). The number of nitrogens with zero attached hydrogens (tertiary/aromatic N) is 3. The van der Waals surface area contributed by atoms with Gasteiger partial charge in [0, 0.05) is 60.3 Å². The molecule has 0 saturated carbocycles. The van der Waals surface area contributed by atoms with Gasteiger partial charge in [0.05, 0.1) is 17.6 Å². The highest BCUT2D eigenvalue weighted by Crippen LogP contribution is 2.47. The van der Waals surface area contributed by atoms with Crippen molar-refractivity contribution in [2.45, 2.75) is 46.3 Å². The molecular weight excluding hydrogens is 488 g/mol. The van der Waals surface area contributed by atoms with E-state index in [2.05, 4.69) is 47.0 Å². The number of anilines is 1. The number of hydrogen-bond acceptors (Lipinski definition) is 5. The Bertz CT molecular complexity index is 1600. The van der Waals surface area contributed by atoms with Crippen LogP contribution in [-0.2, 0) is 22.7 Å². The zero-order valence-corrected chi connectivity index (χ0v) is 22.5. The molecule has 4 aromatic rings. The first-order valence-electron chi connectivity index (χ1n) is 13.5. The molecule has 1 atom stereocenters. The summed E-state index contributed by atoms with van der Waals surface area (Å²) in [6, 6.07) is 18.1. The molecule has 0 radical (unpaired) electrons. The number of aromatic nitrogens is 2. The quantitative estimate of drug-likeness (QED) is 0.330. The van der Waals surface area contributed by atoms with Crippen LogP contribution in [0.4, 0.5) is 5.69 Å². The van der Waals surface area contributed by atoms with Crippen LogP contribution in [0, 0.1) is 5.92 Å². The van der Waals surface area contributed by atoms with Crippen LogP contribution in [0.15, 0.2) is 84.5 Å². The summed E-state index contributed by atoms with van der Waals surface area (Å²) in [6.45, 7) is 7.43. The molecule has 2 aliphatic heterocycles. The molecule has 0 unspecified atom stereocenters. The Morgan fingerprint density at radius 1 is 1.15 bits per heavy atom. The minimum Gasteiger partial charge on any atom is -0.489 e. The van der Waals surface area contributed by atoms with Gasteiger partial charge in [-0.25, -0.2) is 0 Å². The van der Waals surface area contributed by atoms with Crippen molar-refractivity contribution in [3.05, 3.63) is 101 Å².